The topological polar surface area (TPSA) is 58.4 Å². The number of hydrogen-bond donors (Lipinski definition) is 2. The average molecular weight is 171 g/mol. The van der Waals surface area contributed by atoms with E-state index in [9.17, 15) is 4.79 Å². The average Bonchev–Trinajstić information content (AvgIpc) is 2.32. The van der Waals surface area contributed by atoms with Crippen molar-refractivity contribution in [3.63, 3.8) is 0 Å². The highest BCUT2D eigenvalue weighted by Crippen LogP contribution is 2.09. The van der Waals surface area contributed by atoms with Crippen LogP contribution in [0.2, 0.25) is 0 Å². The molecular weight excluding hydrogens is 154 g/mol. The van der Waals surface area contributed by atoms with E-state index >= 15 is 0 Å². The number of hydrogen-bond acceptors (Lipinski definition) is 2. The molecular formula is C8H17N3O. The fraction of sp³-hybridized carbons (Fsp3) is 0.875. The molecule has 0 aromatic rings. The van der Waals surface area contributed by atoms with Gasteiger partial charge in [0.15, 0.2) is 0 Å². The fourth-order valence-corrected chi connectivity index (χ4v) is 1.43. The van der Waals surface area contributed by atoms with Gasteiger partial charge >= 0.3 is 6.03 Å². The van der Waals surface area contributed by atoms with Crippen LogP contribution >= 0.6 is 0 Å². The summed E-state index contributed by atoms with van der Waals surface area (Å²) in [4.78, 5) is 13.1. The van der Waals surface area contributed by atoms with Gasteiger partial charge in [0.05, 0.1) is 0 Å². The van der Waals surface area contributed by atoms with Crippen molar-refractivity contribution in [3.8, 4) is 0 Å². The minimum Gasteiger partial charge on any atom is -0.333 e. The van der Waals surface area contributed by atoms with E-state index in [1.165, 1.54) is 0 Å². The predicted octanol–water partition coefficient (Wildman–Crippen LogP) is 0.137. The molecule has 3 N–H and O–H groups in total. The van der Waals surface area contributed by atoms with Crippen LogP contribution in [0.5, 0.6) is 0 Å². The summed E-state index contributed by atoms with van der Waals surface area (Å²) < 4.78 is 0. The van der Waals surface area contributed by atoms with Crippen LogP contribution in [0.4, 0.5) is 4.79 Å². The molecule has 4 heteroatoms. The number of carbonyl (C=O) groups excluding carboxylic acids is 1. The van der Waals surface area contributed by atoms with Gasteiger partial charge in [-0.25, -0.2) is 4.79 Å². The van der Waals surface area contributed by atoms with Crippen molar-refractivity contribution in [1.82, 2.24) is 10.2 Å². The molecule has 0 aromatic carbocycles. The monoisotopic (exact) mass is 171 g/mol. The van der Waals surface area contributed by atoms with Crippen molar-refractivity contribution < 1.29 is 4.79 Å². The summed E-state index contributed by atoms with van der Waals surface area (Å²) in [7, 11) is 0. The molecule has 12 heavy (non-hydrogen) atoms. The maximum Gasteiger partial charge on any atom is 0.317 e. The number of nitrogens with one attached hydrogen (secondary N) is 1. The van der Waals surface area contributed by atoms with Crippen LogP contribution in [0.15, 0.2) is 0 Å². The molecule has 1 atom stereocenters. The SMILES string of the molecule is CC(C)N1CC(CCN)NC1=O. The third kappa shape index (κ3) is 1.88. The molecule has 70 valence electrons. The molecule has 1 unspecified atom stereocenters. The van der Waals surface area contributed by atoms with Crippen LogP contribution in [-0.4, -0.2) is 36.1 Å². The van der Waals surface area contributed by atoms with E-state index in [0.717, 1.165) is 13.0 Å². The van der Waals surface area contributed by atoms with Crippen LogP contribution in [0, 0.1) is 0 Å². The lowest BCUT2D eigenvalue weighted by Crippen LogP contribution is -2.33. The number of rotatable bonds is 3. The maximum atomic E-state index is 11.3. The quantitative estimate of drug-likeness (QED) is 0.634. The Labute approximate surface area is 73.1 Å². The molecule has 0 bridgehead atoms. The first-order chi connectivity index (χ1) is 5.65. The zero-order chi connectivity index (χ0) is 9.14. The molecule has 0 aliphatic carbocycles. The third-order valence-electron chi connectivity index (χ3n) is 2.14. The molecule has 1 rings (SSSR count). The summed E-state index contributed by atoms with van der Waals surface area (Å²) in [5.41, 5.74) is 5.41. The van der Waals surface area contributed by atoms with Gasteiger partial charge in [0.2, 0.25) is 0 Å². The van der Waals surface area contributed by atoms with Gasteiger partial charge in [-0.15, -0.1) is 0 Å². The highest BCUT2D eigenvalue weighted by Gasteiger charge is 2.29. The number of nitrogens with zero attached hydrogens (tertiary/aromatic N) is 1. The van der Waals surface area contributed by atoms with E-state index in [1.807, 2.05) is 18.7 Å². The first kappa shape index (κ1) is 9.32. The molecule has 1 fully saturated rings. The summed E-state index contributed by atoms with van der Waals surface area (Å²) in [5, 5.41) is 2.89. The van der Waals surface area contributed by atoms with Gasteiger partial charge in [-0.2, -0.15) is 0 Å². The van der Waals surface area contributed by atoms with Crippen molar-refractivity contribution in [2.45, 2.75) is 32.4 Å². The maximum absolute atomic E-state index is 11.3. The lowest BCUT2D eigenvalue weighted by atomic mass is 10.2. The second-order valence-corrected chi connectivity index (χ2v) is 3.47. The van der Waals surface area contributed by atoms with Crippen LogP contribution in [0.3, 0.4) is 0 Å². The van der Waals surface area contributed by atoms with Crippen LogP contribution in [0.25, 0.3) is 0 Å². The lowest BCUT2D eigenvalue weighted by molar-refractivity contribution is 0.205. The second kappa shape index (κ2) is 3.76. The van der Waals surface area contributed by atoms with Crippen LogP contribution in [0.1, 0.15) is 20.3 Å². The van der Waals surface area contributed by atoms with Gasteiger partial charge in [-0.1, -0.05) is 0 Å². The molecule has 1 aliphatic rings. The summed E-state index contributed by atoms with van der Waals surface area (Å²) >= 11 is 0. The Morgan fingerprint density at radius 3 is 2.83 bits per heavy atom. The Hall–Kier alpha value is -0.770. The summed E-state index contributed by atoms with van der Waals surface area (Å²) in [6.07, 6.45) is 0.870. The zero-order valence-corrected chi connectivity index (χ0v) is 7.71. The smallest absolute Gasteiger partial charge is 0.317 e. The highest BCUT2D eigenvalue weighted by atomic mass is 16.2. The first-order valence-electron chi connectivity index (χ1n) is 4.42. The Morgan fingerprint density at radius 1 is 1.75 bits per heavy atom. The molecule has 1 aliphatic heterocycles. The molecule has 1 saturated heterocycles. The number of carbonyl (C=O) groups is 1. The molecule has 0 spiro atoms. The normalized spacial score (nSPS) is 23.5. The molecule has 4 nitrogen and oxygen atoms in total. The Bertz CT molecular complexity index is 170. The Morgan fingerprint density at radius 2 is 2.42 bits per heavy atom. The van der Waals surface area contributed by atoms with Gasteiger partial charge in [0.25, 0.3) is 0 Å². The first-order valence-corrected chi connectivity index (χ1v) is 4.42. The molecule has 0 saturated carbocycles. The predicted molar refractivity (Wildman–Crippen MR) is 47.8 cm³/mol. The summed E-state index contributed by atoms with van der Waals surface area (Å²) in [5.74, 6) is 0. The Balaban J connectivity index is 2.45. The molecule has 0 aromatic heterocycles. The van der Waals surface area contributed by atoms with Crippen molar-refractivity contribution in [1.29, 1.82) is 0 Å². The standard InChI is InChI=1S/C8H17N3O/c1-6(2)11-5-7(3-4-9)10-8(11)12/h6-7H,3-5,9H2,1-2H3,(H,10,12). The van der Waals surface area contributed by atoms with Crippen LogP contribution < -0.4 is 11.1 Å². The molecule has 0 radical (unpaired) electrons. The number of amides is 2. The zero-order valence-electron chi connectivity index (χ0n) is 7.71. The third-order valence-corrected chi connectivity index (χ3v) is 2.14. The fourth-order valence-electron chi connectivity index (χ4n) is 1.43. The van der Waals surface area contributed by atoms with Crippen molar-refractivity contribution in [3.05, 3.63) is 0 Å². The van der Waals surface area contributed by atoms with Gasteiger partial charge < -0.3 is 16.0 Å². The van der Waals surface area contributed by atoms with Gasteiger partial charge in [0.1, 0.15) is 0 Å². The number of urea groups is 1. The van der Waals surface area contributed by atoms with Gasteiger partial charge in [0, 0.05) is 18.6 Å². The van der Waals surface area contributed by atoms with E-state index < -0.39 is 0 Å². The van der Waals surface area contributed by atoms with E-state index in [0.29, 0.717) is 6.54 Å². The van der Waals surface area contributed by atoms with E-state index in [-0.39, 0.29) is 18.1 Å². The van der Waals surface area contributed by atoms with Gasteiger partial charge in [-0.05, 0) is 26.8 Å². The van der Waals surface area contributed by atoms with Crippen molar-refractivity contribution >= 4 is 6.03 Å². The largest absolute Gasteiger partial charge is 0.333 e. The van der Waals surface area contributed by atoms with E-state index in [2.05, 4.69) is 5.32 Å². The summed E-state index contributed by atoms with van der Waals surface area (Å²) in [6, 6.07) is 0.584. The highest BCUT2D eigenvalue weighted by molar-refractivity contribution is 5.77. The van der Waals surface area contributed by atoms with E-state index in [4.69, 9.17) is 5.73 Å². The van der Waals surface area contributed by atoms with Crippen LogP contribution in [-0.2, 0) is 0 Å². The van der Waals surface area contributed by atoms with Gasteiger partial charge in [-0.3, -0.25) is 0 Å². The minimum atomic E-state index is 0.0449. The van der Waals surface area contributed by atoms with Crippen molar-refractivity contribution in [2.24, 2.45) is 5.73 Å². The number of nitrogens with two attached hydrogens (primary N) is 1. The minimum absolute atomic E-state index is 0.0449. The van der Waals surface area contributed by atoms with Crippen molar-refractivity contribution in [2.75, 3.05) is 13.1 Å². The second-order valence-electron chi connectivity index (χ2n) is 3.47. The molecule has 1 heterocycles. The molecule has 2 amide bonds. The lowest BCUT2D eigenvalue weighted by Gasteiger charge is -2.18. The van der Waals surface area contributed by atoms with E-state index in [1.54, 1.807) is 0 Å². The summed E-state index contributed by atoms with van der Waals surface area (Å²) in [6.45, 7) is 5.47. The Kier molecular flexibility index (Phi) is 2.92.